The summed E-state index contributed by atoms with van der Waals surface area (Å²) in [5.41, 5.74) is 0.973. The molecule has 0 saturated heterocycles. The van der Waals surface area contributed by atoms with Gasteiger partial charge in [-0.1, -0.05) is 18.2 Å². The Kier molecular flexibility index (Phi) is 6.63. The largest absolute Gasteiger partial charge is 0.573 e. The first kappa shape index (κ1) is 21.3. The molecule has 2 aromatic carbocycles. The van der Waals surface area contributed by atoms with Gasteiger partial charge in [-0.15, -0.1) is 13.2 Å². The first-order chi connectivity index (χ1) is 14.3. The van der Waals surface area contributed by atoms with Crippen LogP contribution in [0.3, 0.4) is 0 Å². The van der Waals surface area contributed by atoms with Crippen molar-refractivity contribution < 1.29 is 32.2 Å². The zero-order valence-corrected chi connectivity index (χ0v) is 15.7. The number of aromatic hydroxyl groups is 1. The number of furan rings is 1. The van der Waals surface area contributed by atoms with Crippen molar-refractivity contribution >= 4 is 11.6 Å². The summed E-state index contributed by atoms with van der Waals surface area (Å²) in [5, 5.41) is 12.7. The van der Waals surface area contributed by atoms with Crippen molar-refractivity contribution in [3.05, 3.63) is 78.3 Å². The third kappa shape index (κ3) is 6.56. The fourth-order valence-electron chi connectivity index (χ4n) is 2.82. The van der Waals surface area contributed by atoms with E-state index in [1.165, 1.54) is 18.4 Å². The predicted molar refractivity (Wildman–Crippen MR) is 103 cm³/mol. The highest BCUT2D eigenvalue weighted by Crippen LogP contribution is 2.24. The van der Waals surface area contributed by atoms with Crippen LogP contribution in [-0.4, -0.2) is 28.8 Å². The fourth-order valence-corrected chi connectivity index (χ4v) is 2.82. The average Bonchev–Trinajstić information content (AvgIpc) is 3.17. The third-order valence-electron chi connectivity index (χ3n) is 4.08. The number of hydrogen-bond donors (Lipinski definition) is 2. The second-order valence-electron chi connectivity index (χ2n) is 6.47. The van der Waals surface area contributed by atoms with Crippen molar-refractivity contribution in [2.24, 2.45) is 0 Å². The fraction of sp³-hybridized carbons (Fsp3) is 0.190. The number of phenolic OH excluding ortho intramolecular Hbond substituents is 1. The van der Waals surface area contributed by atoms with E-state index >= 15 is 0 Å². The summed E-state index contributed by atoms with van der Waals surface area (Å²) in [6, 6.07) is 15.2. The number of carbonyl (C=O) groups is 1. The third-order valence-corrected chi connectivity index (χ3v) is 4.08. The molecule has 0 fully saturated rings. The van der Waals surface area contributed by atoms with Gasteiger partial charge in [0.1, 0.15) is 17.3 Å². The van der Waals surface area contributed by atoms with Crippen LogP contribution in [0, 0.1) is 0 Å². The number of nitrogens with zero attached hydrogens (tertiary/aromatic N) is 1. The lowest BCUT2D eigenvalue weighted by atomic mass is 10.2. The molecule has 0 aliphatic heterocycles. The van der Waals surface area contributed by atoms with Gasteiger partial charge in [0.05, 0.1) is 19.4 Å². The Bertz CT molecular complexity index is 957. The molecule has 9 heteroatoms. The molecule has 0 atom stereocenters. The summed E-state index contributed by atoms with van der Waals surface area (Å²) >= 11 is 0. The average molecular weight is 420 g/mol. The SMILES string of the molecule is O=C(CN(Cc1ccco1)Cc1ccccc1O)Nc1ccc(OC(F)(F)F)cc1. The quantitative estimate of drug-likeness (QED) is 0.560. The number of hydrogen-bond acceptors (Lipinski definition) is 5. The Morgan fingerprint density at radius 3 is 2.40 bits per heavy atom. The molecule has 2 N–H and O–H groups in total. The van der Waals surface area contributed by atoms with Crippen molar-refractivity contribution in [3.8, 4) is 11.5 Å². The maximum absolute atomic E-state index is 12.5. The van der Waals surface area contributed by atoms with Crippen LogP contribution in [0.2, 0.25) is 0 Å². The highest BCUT2D eigenvalue weighted by atomic mass is 19.4. The van der Waals surface area contributed by atoms with Gasteiger partial charge in [-0.25, -0.2) is 0 Å². The Balaban J connectivity index is 1.64. The molecule has 0 aliphatic rings. The van der Waals surface area contributed by atoms with E-state index in [4.69, 9.17) is 4.42 Å². The lowest BCUT2D eigenvalue weighted by molar-refractivity contribution is -0.274. The minimum atomic E-state index is -4.78. The summed E-state index contributed by atoms with van der Waals surface area (Å²) in [6.07, 6.45) is -3.25. The minimum Gasteiger partial charge on any atom is -0.508 e. The normalized spacial score (nSPS) is 11.5. The van der Waals surface area contributed by atoms with Crippen LogP contribution >= 0.6 is 0 Å². The number of ether oxygens (including phenoxy) is 1. The Morgan fingerprint density at radius 1 is 1.03 bits per heavy atom. The van der Waals surface area contributed by atoms with E-state index in [0.29, 0.717) is 30.1 Å². The second kappa shape index (κ2) is 9.36. The predicted octanol–water partition coefficient (Wildman–Crippen LogP) is 4.52. The van der Waals surface area contributed by atoms with Crippen LogP contribution in [0.1, 0.15) is 11.3 Å². The number of nitrogens with one attached hydrogen (secondary N) is 1. The number of alkyl halides is 3. The molecule has 0 aliphatic carbocycles. The molecule has 0 spiro atoms. The van der Waals surface area contributed by atoms with Gasteiger partial charge < -0.3 is 19.6 Å². The van der Waals surface area contributed by atoms with Gasteiger partial charge in [0.15, 0.2) is 0 Å². The van der Waals surface area contributed by atoms with Crippen LogP contribution in [0.25, 0.3) is 0 Å². The van der Waals surface area contributed by atoms with Crippen molar-refractivity contribution in [3.63, 3.8) is 0 Å². The summed E-state index contributed by atoms with van der Waals surface area (Å²) < 4.78 is 45.9. The maximum Gasteiger partial charge on any atom is 0.573 e. The lowest BCUT2D eigenvalue weighted by Gasteiger charge is -2.21. The van der Waals surface area contributed by atoms with E-state index in [1.54, 1.807) is 41.3 Å². The second-order valence-corrected chi connectivity index (χ2v) is 6.47. The summed E-state index contributed by atoms with van der Waals surface area (Å²) in [6.45, 7) is 0.585. The summed E-state index contributed by atoms with van der Waals surface area (Å²) in [4.78, 5) is 14.3. The Morgan fingerprint density at radius 2 is 1.77 bits per heavy atom. The van der Waals surface area contributed by atoms with Gasteiger partial charge in [0, 0.05) is 17.8 Å². The number of carbonyl (C=O) groups excluding carboxylic acids is 1. The number of benzene rings is 2. The summed E-state index contributed by atoms with van der Waals surface area (Å²) in [7, 11) is 0. The van der Waals surface area contributed by atoms with Gasteiger partial charge >= 0.3 is 6.36 Å². The Labute approximate surface area is 170 Å². The van der Waals surface area contributed by atoms with Crippen LogP contribution in [0.4, 0.5) is 18.9 Å². The van der Waals surface area contributed by atoms with E-state index in [-0.39, 0.29) is 24.0 Å². The zero-order valence-electron chi connectivity index (χ0n) is 15.7. The van der Waals surface area contributed by atoms with Gasteiger partial charge in [0.25, 0.3) is 0 Å². The molecule has 30 heavy (non-hydrogen) atoms. The molecular weight excluding hydrogens is 401 g/mol. The first-order valence-electron chi connectivity index (χ1n) is 8.96. The minimum absolute atomic E-state index is 0.0319. The molecule has 1 amide bonds. The highest BCUT2D eigenvalue weighted by molar-refractivity contribution is 5.92. The molecule has 1 heterocycles. The molecule has 6 nitrogen and oxygen atoms in total. The van der Waals surface area contributed by atoms with Crippen molar-refractivity contribution in [2.45, 2.75) is 19.5 Å². The molecule has 0 radical (unpaired) electrons. The molecular formula is C21H19F3N2O4. The van der Waals surface area contributed by atoms with Crippen molar-refractivity contribution in [2.75, 3.05) is 11.9 Å². The Hall–Kier alpha value is -3.46. The number of phenols is 1. The number of amides is 1. The van der Waals surface area contributed by atoms with E-state index in [0.717, 1.165) is 12.1 Å². The topological polar surface area (TPSA) is 74.9 Å². The van der Waals surface area contributed by atoms with Gasteiger partial charge in [0.2, 0.25) is 5.91 Å². The maximum atomic E-state index is 12.5. The standard InChI is InChI=1S/C21H19F3N2O4/c22-21(23,24)30-17-9-7-16(8-10-17)25-20(28)14-26(13-18-5-3-11-29-18)12-15-4-1-2-6-19(15)27/h1-11,27H,12-14H2,(H,25,28). The molecule has 3 rings (SSSR count). The molecule has 1 aromatic heterocycles. The van der Waals surface area contributed by atoms with Gasteiger partial charge in [-0.2, -0.15) is 0 Å². The molecule has 3 aromatic rings. The highest BCUT2D eigenvalue weighted by Gasteiger charge is 2.31. The molecule has 0 saturated carbocycles. The van der Waals surface area contributed by atoms with Gasteiger partial charge in [-0.05, 0) is 42.5 Å². The summed E-state index contributed by atoms with van der Waals surface area (Å²) in [5.74, 6) is 0.00967. The van der Waals surface area contributed by atoms with E-state index in [1.807, 2.05) is 0 Å². The lowest BCUT2D eigenvalue weighted by Crippen LogP contribution is -2.32. The van der Waals surface area contributed by atoms with Crippen molar-refractivity contribution in [1.29, 1.82) is 0 Å². The van der Waals surface area contributed by atoms with E-state index < -0.39 is 6.36 Å². The van der Waals surface area contributed by atoms with E-state index in [9.17, 15) is 23.1 Å². The van der Waals surface area contributed by atoms with Crippen LogP contribution in [0.15, 0.2) is 71.3 Å². The molecule has 0 unspecified atom stereocenters. The van der Waals surface area contributed by atoms with E-state index in [2.05, 4.69) is 10.1 Å². The number of anilines is 1. The number of halogens is 3. The monoisotopic (exact) mass is 420 g/mol. The number of rotatable bonds is 8. The number of para-hydroxylation sites is 1. The van der Waals surface area contributed by atoms with Gasteiger partial charge in [-0.3, -0.25) is 9.69 Å². The smallest absolute Gasteiger partial charge is 0.508 e. The van der Waals surface area contributed by atoms with Crippen molar-refractivity contribution in [1.82, 2.24) is 4.90 Å². The first-order valence-corrected chi connectivity index (χ1v) is 8.96. The van der Waals surface area contributed by atoms with Crippen LogP contribution in [-0.2, 0) is 17.9 Å². The zero-order chi connectivity index (χ0) is 21.6. The molecule has 0 bridgehead atoms. The van der Waals surface area contributed by atoms with Crippen LogP contribution < -0.4 is 10.1 Å². The molecule has 158 valence electrons. The van der Waals surface area contributed by atoms with Crippen LogP contribution in [0.5, 0.6) is 11.5 Å².